The molecule has 7 heteroatoms. The first-order chi connectivity index (χ1) is 11.8. The highest BCUT2D eigenvalue weighted by Gasteiger charge is 2.12. The van der Waals surface area contributed by atoms with Gasteiger partial charge >= 0.3 is 5.97 Å². The van der Waals surface area contributed by atoms with E-state index in [1.54, 1.807) is 18.2 Å². The molecule has 0 aliphatic carbocycles. The lowest BCUT2D eigenvalue weighted by Gasteiger charge is -2.10. The van der Waals surface area contributed by atoms with Crippen LogP contribution in [0.15, 0.2) is 60.8 Å². The molecule has 3 aromatic rings. The molecule has 7 nitrogen and oxygen atoms in total. The Hall–Kier alpha value is -3.48. The predicted octanol–water partition coefficient (Wildman–Crippen LogP) is 3.15. The first-order valence-corrected chi connectivity index (χ1v) is 7.22. The molecule has 0 fully saturated rings. The van der Waals surface area contributed by atoms with Crippen molar-refractivity contribution < 1.29 is 9.53 Å². The molecule has 0 aliphatic heterocycles. The molecule has 0 saturated heterocycles. The molecular formula is C17H15N5O2. The number of hydrogen-bond acceptors (Lipinski definition) is 7. The van der Waals surface area contributed by atoms with Crippen LogP contribution in [0.1, 0.15) is 10.4 Å². The molecular weight excluding hydrogens is 306 g/mol. The topological polar surface area (TPSA) is 89.0 Å². The van der Waals surface area contributed by atoms with E-state index in [0.717, 1.165) is 5.69 Å². The fourth-order valence-electron chi connectivity index (χ4n) is 2.09. The predicted molar refractivity (Wildman–Crippen MR) is 90.6 cm³/mol. The summed E-state index contributed by atoms with van der Waals surface area (Å²) in [5.74, 6) is 0.379. The van der Waals surface area contributed by atoms with Crippen LogP contribution in [-0.4, -0.2) is 28.3 Å². The van der Waals surface area contributed by atoms with Crippen LogP contribution in [0.2, 0.25) is 0 Å². The number of nitrogens with one attached hydrogen (secondary N) is 2. The second-order valence-electron chi connectivity index (χ2n) is 4.82. The van der Waals surface area contributed by atoms with E-state index < -0.39 is 5.97 Å². The van der Waals surface area contributed by atoms with Crippen LogP contribution in [0.3, 0.4) is 0 Å². The molecule has 2 aromatic carbocycles. The molecule has 0 bridgehead atoms. The molecule has 1 aromatic heterocycles. The number of para-hydroxylation sites is 2. The van der Waals surface area contributed by atoms with Crippen molar-refractivity contribution in [3.05, 3.63) is 66.4 Å². The van der Waals surface area contributed by atoms with E-state index in [9.17, 15) is 4.79 Å². The summed E-state index contributed by atoms with van der Waals surface area (Å²) in [5.41, 5.74) is 1.85. The van der Waals surface area contributed by atoms with Crippen molar-refractivity contribution in [3.8, 4) is 0 Å². The smallest absolute Gasteiger partial charge is 0.339 e. The van der Waals surface area contributed by atoms with Crippen molar-refractivity contribution in [2.45, 2.75) is 0 Å². The van der Waals surface area contributed by atoms with Gasteiger partial charge in [-0.05, 0) is 24.3 Å². The number of esters is 1. The number of ether oxygens (including phenoxy) is 1. The summed E-state index contributed by atoms with van der Waals surface area (Å²) in [6, 6.07) is 16.5. The highest BCUT2D eigenvalue weighted by Crippen LogP contribution is 2.21. The lowest BCUT2D eigenvalue weighted by Crippen LogP contribution is -2.07. The maximum absolute atomic E-state index is 11.8. The fraction of sp³-hybridized carbons (Fsp3) is 0.0588. The van der Waals surface area contributed by atoms with E-state index >= 15 is 0 Å². The number of carbonyl (C=O) groups is 1. The molecule has 0 unspecified atom stereocenters. The first kappa shape index (κ1) is 15.4. The Morgan fingerprint density at radius 3 is 2.54 bits per heavy atom. The number of benzene rings is 2. The maximum atomic E-state index is 11.8. The zero-order valence-electron chi connectivity index (χ0n) is 12.9. The summed E-state index contributed by atoms with van der Waals surface area (Å²) in [5, 5.41) is 14.0. The van der Waals surface area contributed by atoms with E-state index in [1.165, 1.54) is 13.3 Å². The summed E-state index contributed by atoms with van der Waals surface area (Å²) < 4.78 is 4.78. The van der Waals surface area contributed by atoms with Crippen LogP contribution in [0.4, 0.5) is 23.1 Å². The molecule has 120 valence electrons. The number of nitrogens with zero attached hydrogens (tertiary/aromatic N) is 3. The van der Waals surface area contributed by atoms with Gasteiger partial charge in [-0.2, -0.15) is 10.1 Å². The van der Waals surface area contributed by atoms with Gasteiger partial charge in [0.1, 0.15) is 0 Å². The number of anilines is 4. The summed E-state index contributed by atoms with van der Waals surface area (Å²) >= 11 is 0. The summed E-state index contributed by atoms with van der Waals surface area (Å²) in [4.78, 5) is 16.2. The molecule has 0 spiro atoms. The number of methoxy groups -OCH3 is 1. The molecule has 0 saturated carbocycles. The first-order valence-electron chi connectivity index (χ1n) is 7.22. The average Bonchev–Trinajstić information content (AvgIpc) is 2.63. The molecule has 1 heterocycles. The third-order valence-corrected chi connectivity index (χ3v) is 3.18. The molecule has 2 N–H and O–H groups in total. The molecule has 0 aliphatic rings. The zero-order valence-corrected chi connectivity index (χ0v) is 12.9. The molecule has 0 radical (unpaired) electrons. The van der Waals surface area contributed by atoms with Gasteiger partial charge in [0.25, 0.3) is 0 Å². The van der Waals surface area contributed by atoms with Crippen LogP contribution >= 0.6 is 0 Å². The normalized spacial score (nSPS) is 10.0. The van der Waals surface area contributed by atoms with Gasteiger partial charge in [0.05, 0.1) is 24.6 Å². The monoisotopic (exact) mass is 321 g/mol. The minimum Gasteiger partial charge on any atom is -0.465 e. The lowest BCUT2D eigenvalue weighted by atomic mass is 10.2. The van der Waals surface area contributed by atoms with E-state index in [1.807, 2.05) is 36.4 Å². The lowest BCUT2D eigenvalue weighted by molar-refractivity contribution is 0.0602. The second kappa shape index (κ2) is 7.19. The maximum Gasteiger partial charge on any atom is 0.339 e. The van der Waals surface area contributed by atoms with Gasteiger partial charge in [0.2, 0.25) is 5.95 Å². The van der Waals surface area contributed by atoms with Crippen LogP contribution in [-0.2, 0) is 4.74 Å². The van der Waals surface area contributed by atoms with Crippen molar-refractivity contribution in [1.29, 1.82) is 0 Å². The Bertz CT molecular complexity index is 839. The van der Waals surface area contributed by atoms with Gasteiger partial charge in [-0.1, -0.05) is 30.3 Å². The quantitative estimate of drug-likeness (QED) is 0.698. The zero-order chi connectivity index (χ0) is 16.8. The number of hydrogen-bond donors (Lipinski definition) is 2. The van der Waals surface area contributed by atoms with Crippen molar-refractivity contribution >= 4 is 29.1 Å². The third-order valence-electron chi connectivity index (χ3n) is 3.18. The van der Waals surface area contributed by atoms with Crippen molar-refractivity contribution in [1.82, 2.24) is 15.2 Å². The molecule has 24 heavy (non-hydrogen) atoms. The van der Waals surface area contributed by atoms with Crippen LogP contribution in [0.25, 0.3) is 0 Å². The van der Waals surface area contributed by atoms with Gasteiger partial charge in [0.15, 0.2) is 5.82 Å². The second-order valence-corrected chi connectivity index (χ2v) is 4.82. The number of aromatic nitrogens is 3. The highest BCUT2D eigenvalue weighted by molar-refractivity contribution is 5.96. The Kier molecular flexibility index (Phi) is 4.62. The van der Waals surface area contributed by atoms with Crippen LogP contribution in [0, 0.1) is 0 Å². The van der Waals surface area contributed by atoms with Crippen molar-refractivity contribution in [2.75, 3.05) is 17.7 Å². The molecule has 0 amide bonds. The summed E-state index contributed by atoms with van der Waals surface area (Å²) in [6.07, 6.45) is 1.48. The van der Waals surface area contributed by atoms with Gasteiger partial charge in [0, 0.05) is 5.69 Å². The Balaban J connectivity index is 1.82. The highest BCUT2D eigenvalue weighted by atomic mass is 16.5. The van der Waals surface area contributed by atoms with Gasteiger partial charge in [-0.3, -0.25) is 0 Å². The van der Waals surface area contributed by atoms with Gasteiger partial charge in [-0.15, -0.1) is 5.10 Å². The van der Waals surface area contributed by atoms with Crippen LogP contribution < -0.4 is 10.6 Å². The Labute approximate surface area is 138 Å². The molecule has 3 rings (SSSR count). The minimum absolute atomic E-state index is 0.349. The number of carbonyl (C=O) groups excluding carboxylic acids is 1. The SMILES string of the molecule is COC(=O)c1ccccc1Nc1cnnc(Nc2ccccc2)n1. The largest absolute Gasteiger partial charge is 0.465 e. The average molecular weight is 321 g/mol. The van der Waals surface area contributed by atoms with Crippen LogP contribution in [0.5, 0.6) is 0 Å². The Morgan fingerprint density at radius 2 is 1.75 bits per heavy atom. The summed E-state index contributed by atoms with van der Waals surface area (Å²) in [7, 11) is 1.34. The van der Waals surface area contributed by atoms with E-state index in [2.05, 4.69) is 25.8 Å². The van der Waals surface area contributed by atoms with E-state index in [4.69, 9.17) is 4.74 Å². The van der Waals surface area contributed by atoms with E-state index in [-0.39, 0.29) is 0 Å². The van der Waals surface area contributed by atoms with E-state index in [0.29, 0.717) is 23.0 Å². The minimum atomic E-state index is -0.428. The van der Waals surface area contributed by atoms with Crippen molar-refractivity contribution in [3.63, 3.8) is 0 Å². The summed E-state index contributed by atoms with van der Waals surface area (Å²) in [6.45, 7) is 0. The van der Waals surface area contributed by atoms with Gasteiger partial charge < -0.3 is 15.4 Å². The Morgan fingerprint density at radius 1 is 1.00 bits per heavy atom. The standard InChI is InChI=1S/C17H15N5O2/c1-24-16(23)13-9-5-6-10-14(13)20-15-11-18-22-17(21-15)19-12-7-3-2-4-8-12/h2-11H,1H3,(H2,19,20,21,22). The fourth-order valence-corrected chi connectivity index (χ4v) is 2.09. The third kappa shape index (κ3) is 3.64. The van der Waals surface area contributed by atoms with Gasteiger partial charge in [-0.25, -0.2) is 4.79 Å². The molecule has 0 atom stereocenters. The van der Waals surface area contributed by atoms with Crippen molar-refractivity contribution in [2.24, 2.45) is 0 Å². The number of rotatable bonds is 5.